The summed E-state index contributed by atoms with van der Waals surface area (Å²) in [7, 11) is 0. The Bertz CT molecular complexity index is 465. The van der Waals surface area contributed by atoms with E-state index in [0.717, 1.165) is 12.0 Å². The molecule has 18 heavy (non-hydrogen) atoms. The number of hydrogen-bond acceptors (Lipinski definition) is 3. The molecule has 2 rings (SSSR count). The first-order valence-electron chi connectivity index (χ1n) is 5.97. The summed E-state index contributed by atoms with van der Waals surface area (Å²) in [5, 5.41) is 0. The lowest BCUT2D eigenvalue weighted by Gasteiger charge is -2.32. The van der Waals surface area contributed by atoms with E-state index in [4.69, 9.17) is 5.73 Å². The molecule has 96 valence electrons. The number of benzene rings is 1. The number of anilines is 1. The summed E-state index contributed by atoms with van der Waals surface area (Å²) >= 11 is 0. The number of piperazine rings is 1. The molecule has 0 unspecified atom stereocenters. The van der Waals surface area contributed by atoms with Crippen LogP contribution in [0.1, 0.15) is 15.9 Å². The maximum absolute atomic E-state index is 12.3. The topological polar surface area (TPSA) is 66.6 Å². The normalized spacial score (nSPS) is 15.6. The monoisotopic (exact) mass is 247 g/mol. The number of nitrogens with two attached hydrogens (primary N) is 1. The van der Waals surface area contributed by atoms with Gasteiger partial charge in [-0.2, -0.15) is 0 Å². The molecular weight excluding hydrogens is 230 g/mol. The van der Waals surface area contributed by atoms with Gasteiger partial charge >= 0.3 is 0 Å². The average molecular weight is 247 g/mol. The third-order valence-electron chi connectivity index (χ3n) is 3.36. The number of rotatable bonds is 2. The zero-order valence-corrected chi connectivity index (χ0v) is 10.4. The van der Waals surface area contributed by atoms with Gasteiger partial charge in [-0.25, -0.2) is 0 Å². The van der Waals surface area contributed by atoms with Gasteiger partial charge in [-0.1, -0.05) is 6.07 Å². The van der Waals surface area contributed by atoms with Gasteiger partial charge in [0, 0.05) is 37.4 Å². The molecule has 1 fully saturated rings. The largest absolute Gasteiger partial charge is 0.398 e. The molecule has 1 aliphatic rings. The Morgan fingerprint density at radius 2 is 1.94 bits per heavy atom. The van der Waals surface area contributed by atoms with Gasteiger partial charge in [0.2, 0.25) is 6.41 Å². The van der Waals surface area contributed by atoms with Gasteiger partial charge in [0.05, 0.1) is 0 Å². The molecule has 0 aliphatic carbocycles. The van der Waals surface area contributed by atoms with E-state index in [2.05, 4.69) is 0 Å². The molecule has 0 saturated carbocycles. The van der Waals surface area contributed by atoms with Gasteiger partial charge in [-0.15, -0.1) is 0 Å². The molecule has 2 amide bonds. The van der Waals surface area contributed by atoms with Gasteiger partial charge < -0.3 is 15.5 Å². The van der Waals surface area contributed by atoms with Crippen LogP contribution >= 0.6 is 0 Å². The molecule has 1 heterocycles. The minimum absolute atomic E-state index is 0.00894. The van der Waals surface area contributed by atoms with Crippen molar-refractivity contribution in [1.29, 1.82) is 0 Å². The van der Waals surface area contributed by atoms with Gasteiger partial charge in [-0.05, 0) is 24.6 Å². The highest BCUT2D eigenvalue weighted by Gasteiger charge is 2.22. The van der Waals surface area contributed by atoms with Crippen LogP contribution in [0.2, 0.25) is 0 Å². The predicted molar refractivity (Wildman–Crippen MR) is 69.1 cm³/mol. The van der Waals surface area contributed by atoms with Crippen molar-refractivity contribution in [3.63, 3.8) is 0 Å². The number of carbonyl (C=O) groups excluding carboxylic acids is 2. The van der Waals surface area contributed by atoms with Gasteiger partial charge in [0.25, 0.3) is 5.91 Å². The van der Waals surface area contributed by atoms with Crippen molar-refractivity contribution < 1.29 is 9.59 Å². The molecule has 1 aromatic carbocycles. The van der Waals surface area contributed by atoms with E-state index in [-0.39, 0.29) is 5.91 Å². The Kier molecular flexibility index (Phi) is 3.50. The Labute approximate surface area is 106 Å². The molecule has 1 saturated heterocycles. The smallest absolute Gasteiger partial charge is 0.254 e. The van der Waals surface area contributed by atoms with Crippen LogP contribution in [0.15, 0.2) is 18.2 Å². The minimum atomic E-state index is -0.00894. The number of nitrogen functional groups attached to an aromatic ring is 1. The van der Waals surface area contributed by atoms with Crippen LogP contribution < -0.4 is 5.73 Å². The summed E-state index contributed by atoms with van der Waals surface area (Å²) < 4.78 is 0. The molecule has 0 aromatic heterocycles. The second-order valence-corrected chi connectivity index (χ2v) is 4.45. The fraction of sp³-hybridized carbons (Fsp3) is 0.385. The van der Waals surface area contributed by atoms with Crippen molar-refractivity contribution in [2.45, 2.75) is 6.92 Å². The van der Waals surface area contributed by atoms with Crippen molar-refractivity contribution in [1.82, 2.24) is 9.80 Å². The van der Waals surface area contributed by atoms with Crippen LogP contribution in [0.3, 0.4) is 0 Å². The minimum Gasteiger partial charge on any atom is -0.398 e. The van der Waals surface area contributed by atoms with E-state index in [1.54, 1.807) is 28.0 Å². The fourth-order valence-electron chi connectivity index (χ4n) is 2.09. The van der Waals surface area contributed by atoms with Crippen LogP contribution in [0, 0.1) is 6.92 Å². The van der Waals surface area contributed by atoms with Crippen molar-refractivity contribution in [2.24, 2.45) is 0 Å². The van der Waals surface area contributed by atoms with Crippen LogP contribution in [-0.4, -0.2) is 48.3 Å². The molecule has 5 heteroatoms. The summed E-state index contributed by atoms with van der Waals surface area (Å²) in [5.74, 6) is -0.00894. The molecule has 0 atom stereocenters. The standard InChI is InChI=1S/C13H17N3O2/c1-10-11(3-2-4-12(10)14)13(18)16-7-5-15(9-17)6-8-16/h2-4,9H,5-8,14H2,1H3. The van der Waals surface area contributed by atoms with E-state index in [1.807, 2.05) is 6.92 Å². The van der Waals surface area contributed by atoms with Crippen molar-refractivity contribution in [3.05, 3.63) is 29.3 Å². The van der Waals surface area contributed by atoms with E-state index < -0.39 is 0 Å². The van der Waals surface area contributed by atoms with Gasteiger partial charge in [-0.3, -0.25) is 9.59 Å². The fourth-order valence-corrected chi connectivity index (χ4v) is 2.09. The Balaban J connectivity index is 2.12. The first-order valence-corrected chi connectivity index (χ1v) is 5.97. The molecule has 0 bridgehead atoms. The summed E-state index contributed by atoms with van der Waals surface area (Å²) in [4.78, 5) is 26.4. The molecule has 2 N–H and O–H groups in total. The molecular formula is C13H17N3O2. The lowest BCUT2D eigenvalue weighted by molar-refractivity contribution is -0.119. The Morgan fingerprint density at radius 3 is 2.56 bits per heavy atom. The first-order chi connectivity index (χ1) is 8.63. The summed E-state index contributed by atoms with van der Waals surface area (Å²) in [6.07, 6.45) is 0.827. The molecule has 0 spiro atoms. The summed E-state index contributed by atoms with van der Waals surface area (Å²) in [6.45, 7) is 4.19. The third-order valence-corrected chi connectivity index (χ3v) is 3.36. The first kappa shape index (κ1) is 12.4. The lowest BCUT2D eigenvalue weighted by Crippen LogP contribution is -2.48. The second kappa shape index (κ2) is 5.08. The number of amides is 2. The van der Waals surface area contributed by atoms with Crippen LogP contribution in [0.25, 0.3) is 0 Å². The van der Waals surface area contributed by atoms with Crippen LogP contribution in [0.4, 0.5) is 5.69 Å². The zero-order chi connectivity index (χ0) is 13.1. The molecule has 5 nitrogen and oxygen atoms in total. The van der Waals surface area contributed by atoms with E-state index in [0.29, 0.717) is 37.4 Å². The third kappa shape index (κ3) is 2.30. The Hall–Kier alpha value is -2.04. The maximum Gasteiger partial charge on any atom is 0.254 e. The zero-order valence-electron chi connectivity index (χ0n) is 10.4. The lowest BCUT2D eigenvalue weighted by atomic mass is 10.1. The number of carbonyl (C=O) groups is 2. The highest BCUT2D eigenvalue weighted by atomic mass is 16.2. The number of nitrogens with zero attached hydrogens (tertiary/aromatic N) is 2. The van der Waals surface area contributed by atoms with Crippen molar-refractivity contribution in [2.75, 3.05) is 31.9 Å². The van der Waals surface area contributed by atoms with Gasteiger partial charge in [0.1, 0.15) is 0 Å². The molecule has 1 aliphatic heterocycles. The number of hydrogen-bond donors (Lipinski definition) is 1. The van der Waals surface area contributed by atoms with E-state index in [9.17, 15) is 9.59 Å². The summed E-state index contributed by atoms with van der Waals surface area (Å²) in [6, 6.07) is 5.37. The van der Waals surface area contributed by atoms with Crippen molar-refractivity contribution >= 4 is 18.0 Å². The molecule has 1 aromatic rings. The highest BCUT2D eigenvalue weighted by Crippen LogP contribution is 2.18. The summed E-state index contributed by atoms with van der Waals surface area (Å²) in [5.41, 5.74) is 7.91. The van der Waals surface area contributed by atoms with Gasteiger partial charge in [0.15, 0.2) is 0 Å². The van der Waals surface area contributed by atoms with Crippen LogP contribution in [0.5, 0.6) is 0 Å². The van der Waals surface area contributed by atoms with Crippen molar-refractivity contribution in [3.8, 4) is 0 Å². The second-order valence-electron chi connectivity index (χ2n) is 4.45. The molecule has 0 radical (unpaired) electrons. The maximum atomic E-state index is 12.3. The van der Waals surface area contributed by atoms with Crippen LogP contribution in [-0.2, 0) is 4.79 Å². The highest BCUT2D eigenvalue weighted by molar-refractivity contribution is 5.97. The SMILES string of the molecule is Cc1c(N)cccc1C(=O)N1CCN(C=O)CC1. The van der Waals surface area contributed by atoms with E-state index >= 15 is 0 Å². The average Bonchev–Trinajstić information content (AvgIpc) is 2.41. The quantitative estimate of drug-likeness (QED) is 0.611. The Morgan fingerprint density at radius 1 is 1.28 bits per heavy atom. The van der Waals surface area contributed by atoms with E-state index in [1.165, 1.54) is 0 Å². The predicted octanol–water partition coefficient (Wildman–Crippen LogP) is 0.491.